The maximum absolute atomic E-state index is 12.2. The van der Waals surface area contributed by atoms with Gasteiger partial charge in [0.15, 0.2) is 5.76 Å². The lowest BCUT2D eigenvalue weighted by atomic mass is 10.2. The van der Waals surface area contributed by atoms with Crippen molar-refractivity contribution < 1.29 is 13.9 Å². The summed E-state index contributed by atoms with van der Waals surface area (Å²) in [7, 11) is 0. The minimum atomic E-state index is -0.485. The molecule has 0 saturated heterocycles. The summed E-state index contributed by atoms with van der Waals surface area (Å²) in [6.07, 6.45) is 1.16. The van der Waals surface area contributed by atoms with Crippen molar-refractivity contribution in [2.45, 2.75) is 13.5 Å². The number of aryl methyl sites for hydroxylation is 1. The zero-order valence-electron chi connectivity index (χ0n) is 13.7. The number of anilines is 1. The third-order valence-electron chi connectivity index (χ3n) is 3.65. The van der Waals surface area contributed by atoms with Gasteiger partial charge in [-0.2, -0.15) is 0 Å². The Bertz CT molecular complexity index is 932. The molecule has 0 aliphatic rings. The highest BCUT2D eigenvalue weighted by molar-refractivity contribution is 6.02. The SMILES string of the molecule is Cc1ccccc1NC(=O)c1cc(=O)c(OCc2ccccc2)co1. The van der Waals surface area contributed by atoms with Crippen LogP contribution in [0.4, 0.5) is 5.69 Å². The number of carbonyl (C=O) groups is 1. The van der Waals surface area contributed by atoms with Crippen LogP contribution in [0.2, 0.25) is 0 Å². The number of para-hydroxylation sites is 1. The Labute approximate surface area is 144 Å². The van der Waals surface area contributed by atoms with E-state index in [1.54, 1.807) is 6.07 Å². The number of benzene rings is 2. The molecule has 25 heavy (non-hydrogen) atoms. The second-order valence-electron chi connectivity index (χ2n) is 5.52. The molecular weight excluding hydrogens is 318 g/mol. The van der Waals surface area contributed by atoms with E-state index in [1.165, 1.54) is 0 Å². The lowest BCUT2D eigenvalue weighted by Gasteiger charge is -2.08. The molecule has 1 amide bonds. The lowest BCUT2D eigenvalue weighted by molar-refractivity contribution is 0.0993. The number of carbonyl (C=O) groups excluding carboxylic acids is 1. The van der Waals surface area contributed by atoms with Crippen molar-refractivity contribution >= 4 is 11.6 Å². The van der Waals surface area contributed by atoms with Crippen LogP contribution >= 0.6 is 0 Å². The molecule has 1 heterocycles. The van der Waals surface area contributed by atoms with E-state index >= 15 is 0 Å². The summed E-state index contributed by atoms with van der Waals surface area (Å²) < 4.78 is 10.7. The van der Waals surface area contributed by atoms with E-state index in [2.05, 4.69) is 5.32 Å². The highest BCUT2D eigenvalue weighted by atomic mass is 16.5. The standard InChI is InChI=1S/C20H17NO4/c1-14-7-5-6-10-16(14)21-20(23)18-11-17(22)19(13-25-18)24-12-15-8-3-2-4-9-15/h2-11,13H,12H2,1H3,(H,21,23). The molecule has 5 nitrogen and oxygen atoms in total. The summed E-state index contributed by atoms with van der Waals surface area (Å²) in [6, 6.07) is 18.0. The average Bonchev–Trinajstić information content (AvgIpc) is 2.63. The van der Waals surface area contributed by atoms with E-state index < -0.39 is 11.3 Å². The molecule has 3 rings (SSSR count). The van der Waals surface area contributed by atoms with E-state index in [0.717, 1.165) is 23.5 Å². The summed E-state index contributed by atoms with van der Waals surface area (Å²) in [5, 5.41) is 2.72. The maximum Gasteiger partial charge on any atom is 0.291 e. The van der Waals surface area contributed by atoms with Crippen molar-refractivity contribution in [2.75, 3.05) is 5.32 Å². The molecule has 0 atom stereocenters. The van der Waals surface area contributed by atoms with Crippen molar-refractivity contribution in [1.29, 1.82) is 0 Å². The molecule has 0 fully saturated rings. The second-order valence-corrected chi connectivity index (χ2v) is 5.52. The minimum Gasteiger partial charge on any atom is -0.482 e. The van der Waals surface area contributed by atoms with Crippen LogP contribution in [0.15, 0.2) is 76.1 Å². The molecule has 1 N–H and O–H groups in total. The molecule has 0 unspecified atom stereocenters. The molecule has 0 aliphatic heterocycles. The van der Waals surface area contributed by atoms with Crippen molar-refractivity contribution in [3.05, 3.63) is 94.0 Å². The van der Waals surface area contributed by atoms with Crippen molar-refractivity contribution in [1.82, 2.24) is 0 Å². The third kappa shape index (κ3) is 4.14. The van der Waals surface area contributed by atoms with Crippen molar-refractivity contribution in [3.63, 3.8) is 0 Å². The van der Waals surface area contributed by atoms with Gasteiger partial charge in [0.25, 0.3) is 5.91 Å². The van der Waals surface area contributed by atoms with E-state index in [1.807, 2.05) is 55.5 Å². The normalized spacial score (nSPS) is 10.3. The average molecular weight is 335 g/mol. The number of amides is 1. The molecule has 3 aromatic rings. The Balaban J connectivity index is 1.70. The number of hydrogen-bond donors (Lipinski definition) is 1. The Kier molecular flexibility index (Phi) is 4.95. The number of ether oxygens (including phenoxy) is 1. The van der Waals surface area contributed by atoms with Crippen LogP contribution in [0.3, 0.4) is 0 Å². The van der Waals surface area contributed by atoms with Gasteiger partial charge in [-0.1, -0.05) is 48.5 Å². The smallest absolute Gasteiger partial charge is 0.291 e. The summed E-state index contributed by atoms with van der Waals surface area (Å²) in [4.78, 5) is 24.3. The summed E-state index contributed by atoms with van der Waals surface area (Å²) >= 11 is 0. The molecule has 126 valence electrons. The third-order valence-corrected chi connectivity index (χ3v) is 3.65. The van der Waals surface area contributed by atoms with Crippen LogP contribution < -0.4 is 15.5 Å². The van der Waals surface area contributed by atoms with Gasteiger partial charge in [-0.3, -0.25) is 9.59 Å². The fraction of sp³-hybridized carbons (Fsp3) is 0.100. The first-order valence-corrected chi connectivity index (χ1v) is 7.80. The molecule has 0 radical (unpaired) electrons. The van der Waals surface area contributed by atoms with Crippen LogP contribution in [0.25, 0.3) is 0 Å². The molecular formula is C20H17NO4. The van der Waals surface area contributed by atoms with Gasteiger partial charge in [-0.25, -0.2) is 0 Å². The van der Waals surface area contributed by atoms with Gasteiger partial charge in [0.05, 0.1) is 0 Å². The first-order chi connectivity index (χ1) is 12.1. The molecule has 0 spiro atoms. The van der Waals surface area contributed by atoms with Crippen molar-refractivity contribution in [2.24, 2.45) is 0 Å². The van der Waals surface area contributed by atoms with Gasteiger partial charge in [0.1, 0.15) is 12.9 Å². The van der Waals surface area contributed by atoms with Crippen molar-refractivity contribution in [3.8, 4) is 5.75 Å². The lowest BCUT2D eigenvalue weighted by Crippen LogP contribution is -2.16. The van der Waals surface area contributed by atoms with Gasteiger partial charge >= 0.3 is 0 Å². The summed E-state index contributed by atoms with van der Waals surface area (Å²) in [5.41, 5.74) is 2.11. The van der Waals surface area contributed by atoms with E-state index in [4.69, 9.17) is 9.15 Å². The Hall–Kier alpha value is -3.34. The fourth-order valence-electron chi connectivity index (χ4n) is 2.26. The van der Waals surface area contributed by atoms with Gasteiger partial charge < -0.3 is 14.5 Å². The van der Waals surface area contributed by atoms with E-state index in [9.17, 15) is 9.59 Å². The van der Waals surface area contributed by atoms with Crippen LogP contribution in [0.5, 0.6) is 5.75 Å². The Morgan fingerprint density at radius 1 is 1.08 bits per heavy atom. The zero-order chi connectivity index (χ0) is 17.6. The molecule has 2 aromatic carbocycles. The highest BCUT2D eigenvalue weighted by Crippen LogP contribution is 2.15. The minimum absolute atomic E-state index is 0.0660. The molecule has 0 bridgehead atoms. The number of rotatable bonds is 5. The van der Waals surface area contributed by atoms with Gasteiger partial charge in [-0.15, -0.1) is 0 Å². The largest absolute Gasteiger partial charge is 0.482 e. The number of hydrogen-bond acceptors (Lipinski definition) is 4. The quantitative estimate of drug-likeness (QED) is 0.770. The molecule has 0 aliphatic carbocycles. The van der Waals surface area contributed by atoms with Crippen LogP contribution in [0.1, 0.15) is 21.7 Å². The van der Waals surface area contributed by atoms with E-state index in [0.29, 0.717) is 5.69 Å². The summed E-state index contributed by atoms with van der Waals surface area (Å²) in [6.45, 7) is 2.13. The molecule has 1 aromatic heterocycles. The Morgan fingerprint density at radius 3 is 2.52 bits per heavy atom. The predicted octanol–water partition coefficient (Wildman–Crippen LogP) is 3.78. The van der Waals surface area contributed by atoms with Crippen LogP contribution in [-0.2, 0) is 6.61 Å². The predicted molar refractivity (Wildman–Crippen MR) is 94.9 cm³/mol. The highest BCUT2D eigenvalue weighted by Gasteiger charge is 2.13. The first-order valence-electron chi connectivity index (χ1n) is 7.80. The van der Waals surface area contributed by atoms with Crippen LogP contribution in [-0.4, -0.2) is 5.91 Å². The van der Waals surface area contributed by atoms with Gasteiger partial charge in [0, 0.05) is 11.8 Å². The van der Waals surface area contributed by atoms with Gasteiger partial charge in [-0.05, 0) is 24.1 Å². The van der Waals surface area contributed by atoms with Crippen LogP contribution in [0, 0.1) is 6.92 Å². The molecule has 5 heteroatoms. The second kappa shape index (κ2) is 7.49. The van der Waals surface area contributed by atoms with E-state index in [-0.39, 0.29) is 18.1 Å². The zero-order valence-corrected chi connectivity index (χ0v) is 13.7. The first kappa shape index (κ1) is 16.5. The molecule has 0 saturated carbocycles. The Morgan fingerprint density at radius 2 is 1.80 bits per heavy atom. The topological polar surface area (TPSA) is 68.5 Å². The number of nitrogens with one attached hydrogen (secondary N) is 1. The monoisotopic (exact) mass is 335 g/mol. The maximum atomic E-state index is 12.2. The summed E-state index contributed by atoms with van der Waals surface area (Å²) in [5.74, 6) is -0.488. The fourth-order valence-corrected chi connectivity index (χ4v) is 2.26. The van der Waals surface area contributed by atoms with Gasteiger partial charge in [0.2, 0.25) is 11.2 Å².